The molecule has 1 unspecified atom stereocenters. The molecule has 0 bridgehead atoms. The van der Waals surface area contributed by atoms with Crippen molar-refractivity contribution < 1.29 is 14.3 Å². The summed E-state index contributed by atoms with van der Waals surface area (Å²) in [5.74, 6) is -1.36. The molecule has 1 aliphatic heterocycles. The SMILES string of the molecule is CCc1ccccc1NC(=O)CSC1=C(C#N)C(c2ccccc2Cl)C(C(=O)OC)=C(C)N1. The van der Waals surface area contributed by atoms with Crippen LogP contribution in [0.2, 0.25) is 5.02 Å². The van der Waals surface area contributed by atoms with Gasteiger partial charge in [0.15, 0.2) is 0 Å². The van der Waals surface area contributed by atoms with Crippen molar-refractivity contribution in [3.8, 4) is 6.07 Å². The highest BCUT2D eigenvalue weighted by Crippen LogP contribution is 2.43. The number of methoxy groups -OCH3 is 1. The highest BCUT2D eigenvalue weighted by Gasteiger charge is 2.36. The Morgan fingerprint density at radius 2 is 1.91 bits per heavy atom. The Balaban J connectivity index is 1.91. The predicted molar refractivity (Wildman–Crippen MR) is 132 cm³/mol. The molecule has 1 heterocycles. The van der Waals surface area contributed by atoms with Crippen LogP contribution in [0.5, 0.6) is 0 Å². The fraction of sp³-hybridized carbons (Fsp3) is 0.240. The van der Waals surface area contributed by atoms with Gasteiger partial charge in [0.25, 0.3) is 0 Å². The number of aryl methyl sites for hydroxylation is 1. The van der Waals surface area contributed by atoms with Gasteiger partial charge in [-0.15, -0.1) is 0 Å². The molecule has 0 saturated carbocycles. The van der Waals surface area contributed by atoms with E-state index < -0.39 is 11.9 Å². The second kappa shape index (κ2) is 11.1. The summed E-state index contributed by atoms with van der Waals surface area (Å²) in [6.07, 6.45) is 0.800. The molecule has 33 heavy (non-hydrogen) atoms. The Hall–Kier alpha value is -3.21. The molecule has 1 amide bonds. The van der Waals surface area contributed by atoms with Gasteiger partial charge in [-0.2, -0.15) is 5.26 Å². The van der Waals surface area contributed by atoms with Gasteiger partial charge in [-0.25, -0.2) is 4.79 Å². The molecule has 0 fully saturated rings. The second-order valence-electron chi connectivity index (χ2n) is 7.31. The van der Waals surface area contributed by atoms with Crippen molar-refractivity contribution in [3.63, 3.8) is 0 Å². The van der Waals surface area contributed by atoms with Gasteiger partial charge in [0, 0.05) is 16.4 Å². The highest BCUT2D eigenvalue weighted by molar-refractivity contribution is 8.03. The van der Waals surface area contributed by atoms with Crippen LogP contribution in [-0.2, 0) is 20.7 Å². The smallest absolute Gasteiger partial charge is 0.336 e. The van der Waals surface area contributed by atoms with Crippen LogP contribution in [0.3, 0.4) is 0 Å². The van der Waals surface area contributed by atoms with Crippen molar-refractivity contribution in [1.82, 2.24) is 5.32 Å². The number of allylic oxidation sites excluding steroid dienone is 2. The van der Waals surface area contributed by atoms with Gasteiger partial charge in [-0.1, -0.05) is 66.7 Å². The Morgan fingerprint density at radius 3 is 2.58 bits per heavy atom. The number of halogens is 1. The lowest BCUT2D eigenvalue weighted by molar-refractivity contribution is -0.136. The number of nitriles is 1. The minimum Gasteiger partial charge on any atom is -0.466 e. The van der Waals surface area contributed by atoms with Crippen molar-refractivity contribution in [3.05, 3.63) is 86.6 Å². The lowest BCUT2D eigenvalue weighted by atomic mass is 9.82. The number of hydrogen-bond donors (Lipinski definition) is 2. The number of nitrogens with one attached hydrogen (secondary N) is 2. The largest absolute Gasteiger partial charge is 0.466 e. The van der Waals surface area contributed by atoms with Crippen LogP contribution in [0.15, 0.2) is 70.4 Å². The number of ether oxygens (including phenoxy) is 1. The zero-order valence-corrected chi connectivity index (χ0v) is 20.1. The average molecular weight is 482 g/mol. The third kappa shape index (κ3) is 5.41. The number of dihydropyridines is 1. The molecule has 1 atom stereocenters. The maximum Gasteiger partial charge on any atom is 0.336 e. The van der Waals surface area contributed by atoms with E-state index in [1.54, 1.807) is 31.2 Å². The Kier molecular flexibility index (Phi) is 8.21. The fourth-order valence-corrected chi connectivity index (χ4v) is 4.84. The maximum absolute atomic E-state index is 12.7. The number of carbonyl (C=O) groups excluding carboxylic acids is 2. The summed E-state index contributed by atoms with van der Waals surface area (Å²) < 4.78 is 4.98. The van der Waals surface area contributed by atoms with E-state index in [1.807, 2.05) is 31.2 Å². The first-order valence-corrected chi connectivity index (χ1v) is 11.7. The number of anilines is 1. The summed E-state index contributed by atoms with van der Waals surface area (Å²) in [6, 6.07) is 16.9. The number of amides is 1. The highest BCUT2D eigenvalue weighted by atomic mass is 35.5. The molecule has 0 saturated heterocycles. The van der Waals surface area contributed by atoms with Crippen molar-refractivity contribution >= 4 is 40.9 Å². The fourth-order valence-electron chi connectivity index (χ4n) is 3.70. The van der Waals surface area contributed by atoms with Crippen LogP contribution >= 0.6 is 23.4 Å². The summed E-state index contributed by atoms with van der Waals surface area (Å²) in [6.45, 7) is 3.76. The van der Waals surface area contributed by atoms with Gasteiger partial charge in [0.05, 0.1) is 41.0 Å². The lowest BCUT2D eigenvalue weighted by Crippen LogP contribution is -2.29. The number of carbonyl (C=O) groups is 2. The summed E-state index contributed by atoms with van der Waals surface area (Å²) in [5, 5.41) is 17.0. The quantitative estimate of drug-likeness (QED) is 0.532. The molecule has 0 aromatic heterocycles. The summed E-state index contributed by atoms with van der Waals surface area (Å²) in [5.41, 5.74) is 3.61. The number of nitrogens with zero attached hydrogens (tertiary/aromatic N) is 1. The van der Waals surface area contributed by atoms with Gasteiger partial charge in [-0.3, -0.25) is 4.79 Å². The Morgan fingerprint density at radius 1 is 1.21 bits per heavy atom. The molecule has 0 radical (unpaired) electrons. The Labute approximate surface area is 202 Å². The molecular formula is C25H24ClN3O3S. The van der Waals surface area contributed by atoms with E-state index in [-0.39, 0.29) is 11.7 Å². The van der Waals surface area contributed by atoms with Gasteiger partial charge >= 0.3 is 5.97 Å². The molecule has 3 rings (SSSR count). The molecule has 8 heteroatoms. The van der Waals surface area contributed by atoms with Gasteiger partial charge < -0.3 is 15.4 Å². The minimum atomic E-state index is -0.705. The van der Waals surface area contributed by atoms with Crippen LogP contribution in [0.25, 0.3) is 0 Å². The topological polar surface area (TPSA) is 91.2 Å². The monoisotopic (exact) mass is 481 g/mol. The van der Waals surface area contributed by atoms with Crippen LogP contribution in [0, 0.1) is 11.3 Å². The van der Waals surface area contributed by atoms with Gasteiger partial charge in [0.2, 0.25) is 5.91 Å². The molecule has 1 aliphatic rings. The van der Waals surface area contributed by atoms with E-state index in [0.717, 1.165) is 17.7 Å². The number of rotatable bonds is 7. The zero-order chi connectivity index (χ0) is 24.0. The van der Waals surface area contributed by atoms with Crippen molar-refractivity contribution in [1.29, 1.82) is 5.26 Å². The van der Waals surface area contributed by atoms with Crippen molar-refractivity contribution in [2.75, 3.05) is 18.2 Å². The molecular weight excluding hydrogens is 458 g/mol. The van der Waals surface area contributed by atoms with E-state index in [0.29, 0.717) is 32.5 Å². The minimum absolute atomic E-state index is 0.0850. The third-order valence-electron chi connectivity index (χ3n) is 5.29. The van der Waals surface area contributed by atoms with E-state index in [2.05, 4.69) is 16.7 Å². The van der Waals surface area contributed by atoms with Gasteiger partial charge in [0.1, 0.15) is 0 Å². The number of hydrogen-bond acceptors (Lipinski definition) is 6. The maximum atomic E-state index is 12.7. The van der Waals surface area contributed by atoms with Crippen LogP contribution in [-0.4, -0.2) is 24.7 Å². The van der Waals surface area contributed by atoms with E-state index in [4.69, 9.17) is 16.3 Å². The van der Waals surface area contributed by atoms with Crippen LogP contribution in [0.1, 0.15) is 30.9 Å². The molecule has 2 aromatic rings. The zero-order valence-electron chi connectivity index (χ0n) is 18.6. The molecule has 0 spiro atoms. The normalized spacial score (nSPS) is 15.5. The second-order valence-corrected chi connectivity index (χ2v) is 8.70. The average Bonchev–Trinajstić information content (AvgIpc) is 2.82. The number of thioether (sulfide) groups is 1. The lowest BCUT2D eigenvalue weighted by Gasteiger charge is -2.29. The number of benzene rings is 2. The number of esters is 1. The first-order chi connectivity index (χ1) is 15.9. The molecule has 2 aromatic carbocycles. The predicted octanol–water partition coefficient (Wildman–Crippen LogP) is 5.14. The molecule has 6 nitrogen and oxygen atoms in total. The third-order valence-corrected chi connectivity index (χ3v) is 6.65. The number of para-hydroxylation sites is 1. The van der Waals surface area contributed by atoms with Crippen LogP contribution in [0.4, 0.5) is 5.69 Å². The Bertz CT molecular complexity index is 1180. The van der Waals surface area contributed by atoms with E-state index in [9.17, 15) is 14.9 Å². The van der Waals surface area contributed by atoms with Crippen LogP contribution < -0.4 is 10.6 Å². The summed E-state index contributed by atoms with van der Waals surface area (Å²) in [7, 11) is 1.30. The summed E-state index contributed by atoms with van der Waals surface area (Å²) in [4.78, 5) is 25.3. The molecule has 2 N–H and O–H groups in total. The first-order valence-electron chi connectivity index (χ1n) is 10.4. The molecule has 170 valence electrons. The molecule has 0 aliphatic carbocycles. The summed E-state index contributed by atoms with van der Waals surface area (Å²) >= 11 is 7.64. The van der Waals surface area contributed by atoms with Crippen molar-refractivity contribution in [2.24, 2.45) is 0 Å². The van der Waals surface area contributed by atoms with Crippen molar-refractivity contribution in [2.45, 2.75) is 26.2 Å². The van der Waals surface area contributed by atoms with Gasteiger partial charge in [-0.05, 0) is 36.6 Å². The van der Waals surface area contributed by atoms with E-state index in [1.165, 1.54) is 18.9 Å². The van der Waals surface area contributed by atoms with E-state index >= 15 is 0 Å². The standard InChI is InChI=1S/C25H24ClN3O3S/c1-4-16-9-5-8-12-20(16)29-21(30)14-33-24-18(13-27)23(17-10-6-7-11-19(17)26)22(15(2)28-24)25(31)32-3/h5-12,23,28H,4,14H2,1-3H3,(H,29,30). The first kappa shape index (κ1) is 24.4.